The van der Waals surface area contributed by atoms with Crippen molar-refractivity contribution < 1.29 is 19.1 Å². The van der Waals surface area contributed by atoms with E-state index in [2.05, 4.69) is 4.57 Å². The minimum Gasteiger partial charge on any atom is -0.432 e. The molecule has 3 fully saturated rings. The Balaban J connectivity index is 1.10. The van der Waals surface area contributed by atoms with Crippen molar-refractivity contribution in [2.45, 2.75) is 63.0 Å². The Hall–Kier alpha value is -4.21. The zero-order chi connectivity index (χ0) is 28.0. The SMILES string of the molecule is Cn1c(CCc2ccc(C(=N)N)cc2)nc2cc(C(=O)N3CCC(N4C(=O)OC5(CCCC5)C4=O)CC3)ccc21. The Labute approximate surface area is 232 Å². The summed E-state index contributed by atoms with van der Waals surface area (Å²) in [5.41, 5.74) is 8.77. The number of aryl methyl sites for hydroxylation is 3. The molecule has 0 bridgehead atoms. The third-order valence-electron chi connectivity index (χ3n) is 8.74. The van der Waals surface area contributed by atoms with Crippen molar-refractivity contribution in [3.05, 3.63) is 65.0 Å². The van der Waals surface area contributed by atoms with E-state index in [1.807, 2.05) is 49.5 Å². The van der Waals surface area contributed by atoms with Gasteiger partial charge in [0, 0.05) is 43.7 Å². The normalized spacial score (nSPS) is 19.1. The van der Waals surface area contributed by atoms with E-state index in [9.17, 15) is 14.4 Å². The van der Waals surface area contributed by atoms with Gasteiger partial charge in [0.15, 0.2) is 5.60 Å². The third-order valence-corrected chi connectivity index (χ3v) is 8.74. The second-order valence-corrected chi connectivity index (χ2v) is 11.2. The summed E-state index contributed by atoms with van der Waals surface area (Å²) in [6.45, 7) is 0.947. The number of piperidine rings is 1. The molecule has 3 aliphatic rings. The minimum atomic E-state index is -0.943. The summed E-state index contributed by atoms with van der Waals surface area (Å²) in [5.74, 6) is 0.725. The second-order valence-electron chi connectivity index (χ2n) is 11.2. The van der Waals surface area contributed by atoms with Gasteiger partial charge in [-0.2, -0.15) is 0 Å². The lowest BCUT2D eigenvalue weighted by Gasteiger charge is -2.35. The minimum absolute atomic E-state index is 0.0558. The highest BCUT2D eigenvalue weighted by atomic mass is 16.6. The maximum Gasteiger partial charge on any atom is 0.417 e. The van der Waals surface area contributed by atoms with Crippen LogP contribution in [0.4, 0.5) is 4.79 Å². The van der Waals surface area contributed by atoms with Crippen LogP contribution in [0.25, 0.3) is 11.0 Å². The highest BCUT2D eigenvalue weighted by Crippen LogP contribution is 2.41. The molecule has 0 radical (unpaired) electrons. The van der Waals surface area contributed by atoms with E-state index in [4.69, 9.17) is 20.9 Å². The maximum atomic E-state index is 13.4. The Morgan fingerprint density at radius 3 is 2.40 bits per heavy atom. The molecule has 1 aliphatic carbocycles. The number of carbonyl (C=O) groups excluding carboxylic acids is 3. The second kappa shape index (κ2) is 10.1. The number of nitrogens with two attached hydrogens (primary N) is 1. The summed E-state index contributed by atoms with van der Waals surface area (Å²) in [7, 11) is 1.98. The average Bonchev–Trinajstić information content (AvgIpc) is 3.63. The van der Waals surface area contributed by atoms with E-state index in [0.29, 0.717) is 49.9 Å². The third kappa shape index (κ3) is 4.51. The number of nitrogens with one attached hydrogen (secondary N) is 1. The van der Waals surface area contributed by atoms with E-state index >= 15 is 0 Å². The number of hydrogen-bond acceptors (Lipinski definition) is 6. The monoisotopic (exact) mass is 542 g/mol. The summed E-state index contributed by atoms with van der Waals surface area (Å²) in [6, 6.07) is 13.1. The number of imidazole rings is 1. The summed E-state index contributed by atoms with van der Waals surface area (Å²) < 4.78 is 7.63. The summed E-state index contributed by atoms with van der Waals surface area (Å²) in [6.07, 6.45) is 5.12. The molecule has 6 rings (SSSR count). The van der Waals surface area contributed by atoms with Crippen molar-refractivity contribution in [2.24, 2.45) is 12.8 Å². The van der Waals surface area contributed by atoms with Crippen LogP contribution in [-0.2, 0) is 29.4 Å². The first-order chi connectivity index (χ1) is 19.3. The molecule has 0 unspecified atom stereocenters. The Morgan fingerprint density at radius 1 is 1.05 bits per heavy atom. The van der Waals surface area contributed by atoms with Gasteiger partial charge in [-0.25, -0.2) is 14.7 Å². The largest absolute Gasteiger partial charge is 0.432 e. The number of benzene rings is 2. The van der Waals surface area contributed by atoms with Crippen molar-refractivity contribution in [2.75, 3.05) is 13.1 Å². The van der Waals surface area contributed by atoms with Crippen LogP contribution in [0.15, 0.2) is 42.5 Å². The Morgan fingerprint density at radius 2 is 1.73 bits per heavy atom. The molecule has 208 valence electrons. The molecule has 3 amide bonds. The van der Waals surface area contributed by atoms with E-state index in [1.54, 1.807) is 4.90 Å². The summed E-state index contributed by atoms with van der Waals surface area (Å²) in [5, 5.41) is 7.54. The number of nitrogens with zero attached hydrogens (tertiary/aromatic N) is 4. The van der Waals surface area contributed by atoms with Crippen LogP contribution >= 0.6 is 0 Å². The molecule has 3 aromatic rings. The number of aromatic nitrogens is 2. The van der Waals surface area contributed by atoms with Gasteiger partial charge in [-0.15, -0.1) is 0 Å². The first-order valence-corrected chi connectivity index (χ1v) is 14.0. The number of carbonyl (C=O) groups is 3. The molecule has 2 aliphatic heterocycles. The zero-order valence-electron chi connectivity index (χ0n) is 22.7. The molecule has 1 spiro atoms. The van der Waals surface area contributed by atoms with Crippen molar-refractivity contribution in [3.8, 4) is 0 Å². The van der Waals surface area contributed by atoms with E-state index in [1.165, 1.54) is 4.90 Å². The van der Waals surface area contributed by atoms with E-state index < -0.39 is 11.7 Å². The van der Waals surface area contributed by atoms with Gasteiger partial charge in [0.25, 0.3) is 11.8 Å². The van der Waals surface area contributed by atoms with Crippen LogP contribution in [-0.4, -0.2) is 67.8 Å². The summed E-state index contributed by atoms with van der Waals surface area (Å²) >= 11 is 0. The molecule has 2 aromatic carbocycles. The van der Waals surface area contributed by atoms with Crippen LogP contribution in [0, 0.1) is 5.41 Å². The van der Waals surface area contributed by atoms with Gasteiger partial charge in [-0.05, 0) is 68.7 Å². The van der Waals surface area contributed by atoms with Crippen molar-refractivity contribution in [1.29, 1.82) is 5.41 Å². The molecule has 3 N–H and O–H groups in total. The molecule has 3 heterocycles. The van der Waals surface area contributed by atoms with Crippen molar-refractivity contribution in [1.82, 2.24) is 19.4 Å². The molecule has 40 heavy (non-hydrogen) atoms. The fourth-order valence-electron chi connectivity index (χ4n) is 6.36. The first kappa shape index (κ1) is 26.0. The number of nitrogen functional groups attached to an aromatic ring is 1. The predicted molar refractivity (Wildman–Crippen MR) is 149 cm³/mol. The van der Waals surface area contributed by atoms with Crippen molar-refractivity contribution in [3.63, 3.8) is 0 Å². The lowest BCUT2D eigenvalue weighted by atomic mass is 9.98. The van der Waals surface area contributed by atoms with Crippen LogP contribution in [0.2, 0.25) is 0 Å². The van der Waals surface area contributed by atoms with E-state index in [0.717, 1.165) is 48.1 Å². The number of rotatable bonds is 6. The van der Waals surface area contributed by atoms with Gasteiger partial charge < -0.3 is 19.9 Å². The quantitative estimate of drug-likeness (QED) is 0.361. The Bertz CT molecular complexity index is 1500. The van der Waals surface area contributed by atoms with Crippen LogP contribution < -0.4 is 5.73 Å². The van der Waals surface area contributed by atoms with Gasteiger partial charge >= 0.3 is 6.09 Å². The molecule has 10 heteroatoms. The molecule has 1 saturated carbocycles. The zero-order valence-corrected chi connectivity index (χ0v) is 22.7. The molecular formula is C30H34N6O4. The average molecular weight is 543 g/mol. The number of amides is 3. The first-order valence-electron chi connectivity index (χ1n) is 14.0. The van der Waals surface area contributed by atoms with Gasteiger partial charge in [0.2, 0.25) is 0 Å². The number of ether oxygens (including phenoxy) is 1. The number of fused-ring (bicyclic) bond motifs is 1. The molecule has 0 atom stereocenters. The molecular weight excluding hydrogens is 508 g/mol. The highest BCUT2D eigenvalue weighted by Gasteiger charge is 2.57. The standard InChI is InChI=1S/C30H34N6O4/c1-34-24-10-9-21(18-23(24)33-25(34)11-6-19-4-7-20(8-5-19)26(31)32)27(37)35-16-12-22(13-17-35)36-28(38)30(40-29(36)39)14-2-3-15-30/h4-5,7-10,18,22H,2-3,6,11-17H2,1H3,(H3,31,32). The molecule has 1 aromatic heterocycles. The Kier molecular flexibility index (Phi) is 6.56. The predicted octanol–water partition coefficient (Wildman–Crippen LogP) is 3.54. The van der Waals surface area contributed by atoms with E-state index in [-0.39, 0.29) is 23.7 Å². The maximum absolute atomic E-state index is 13.4. The molecule has 2 saturated heterocycles. The fraction of sp³-hybridized carbons (Fsp3) is 0.433. The summed E-state index contributed by atoms with van der Waals surface area (Å²) in [4.78, 5) is 47.0. The van der Waals surface area contributed by atoms with Crippen LogP contribution in [0.1, 0.15) is 65.8 Å². The highest BCUT2D eigenvalue weighted by molar-refractivity contribution is 6.03. The number of amidine groups is 1. The van der Waals surface area contributed by atoms with Gasteiger partial charge in [0.05, 0.1) is 11.0 Å². The van der Waals surface area contributed by atoms with Crippen molar-refractivity contribution >= 4 is 34.8 Å². The van der Waals surface area contributed by atoms with Gasteiger partial charge in [0.1, 0.15) is 11.7 Å². The number of hydrogen-bond donors (Lipinski definition) is 2. The van der Waals surface area contributed by atoms with Gasteiger partial charge in [-0.3, -0.25) is 15.0 Å². The van der Waals surface area contributed by atoms with Gasteiger partial charge in [-0.1, -0.05) is 24.3 Å². The topological polar surface area (TPSA) is 135 Å². The fourth-order valence-corrected chi connectivity index (χ4v) is 6.36. The lowest BCUT2D eigenvalue weighted by Crippen LogP contribution is -2.50. The molecule has 10 nitrogen and oxygen atoms in total. The van der Waals surface area contributed by atoms with Crippen LogP contribution in [0.3, 0.4) is 0 Å². The lowest BCUT2D eigenvalue weighted by molar-refractivity contribution is -0.138. The number of likely N-dealkylation sites (tertiary alicyclic amines) is 1. The smallest absolute Gasteiger partial charge is 0.417 e. The number of imide groups is 1. The van der Waals surface area contributed by atoms with Crippen LogP contribution in [0.5, 0.6) is 0 Å².